The largest absolute Gasteiger partial charge is 0.369 e. The van der Waals surface area contributed by atoms with E-state index in [1.807, 2.05) is 0 Å². The first-order valence-electron chi connectivity index (χ1n) is 9.14. The SMILES string of the molecule is Cc1ccc(-n2nc(-c3cccc4ccccc34)c3c2NCC3)c(C)c1. The van der Waals surface area contributed by atoms with Crippen molar-refractivity contribution in [1.29, 1.82) is 0 Å². The van der Waals surface area contributed by atoms with Gasteiger partial charge in [-0.1, -0.05) is 60.2 Å². The molecule has 2 heterocycles. The fourth-order valence-electron chi connectivity index (χ4n) is 4.04. The maximum atomic E-state index is 5.07. The maximum Gasteiger partial charge on any atom is 0.133 e. The van der Waals surface area contributed by atoms with Gasteiger partial charge in [-0.2, -0.15) is 5.10 Å². The van der Waals surface area contributed by atoms with Crippen LogP contribution in [0.25, 0.3) is 27.7 Å². The van der Waals surface area contributed by atoms with E-state index < -0.39 is 0 Å². The van der Waals surface area contributed by atoms with E-state index in [1.165, 1.54) is 33.0 Å². The third-order valence-corrected chi connectivity index (χ3v) is 5.28. The van der Waals surface area contributed by atoms with E-state index in [0.717, 1.165) is 30.2 Å². The van der Waals surface area contributed by atoms with Gasteiger partial charge in [0.1, 0.15) is 5.82 Å². The molecule has 128 valence electrons. The van der Waals surface area contributed by atoms with Crippen LogP contribution in [0.5, 0.6) is 0 Å². The highest BCUT2D eigenvalue weighted by molar-refractivity contribution is 5.97. The first-order valence-corrected chi connectivity index (χ1v) is 9.14. The molecule has 0 bridgehead atoms. The van der Waals surface area contributed by atoms with Gasteiger partial charge < -0.3 is 5.32 Å². The Morgan fingerprint density at radius 3 is 2.69 bits per heavy atom. The highest BCUT2D eigenvalue weighted by Crippen LogP contribution is 2.38. The summed E-state index contributed by atoms with van der Waals surface area (Å²) in [5.74, 6) is 1.14. The standard InChI is InChI=1S/C23H21N3/c1-15-10-11-21(16(2)14-15)26-23-20(12-13-24-23)22(25-26)19-9-5-7-17-6-3-4-8-18(17)19/h3-11,14,24H,12-13H2,1-2H3. The summed E-state index contributed by atoms with van der Waals surface area (Å²) in [6.45, 7) is 5.25. The smallest absolute Gasteiger partial charge is 0.133 e. The second kappa shape index (κ2) is 5.73. The first-order chi connectivity index (χ1) is 12.7. The van der Waals surface area contributed by atoms with Crippen LogP contribution in [0.3, 0.4) is 0 Å². The molecule has 4 aromatic rings. The third-order valence-electron chi connectivity index (χ3n) is 5.28. The number of nitrogens with one attached hydrogen (secondary N) is 1. The minimum Gasteiger partial charge on any atom is -0.369 e. The first kappa shape index (κ1) is 15.2. The molecule has 1 aromatic heterocycles. The summed E-state index contributed by atoms with van der Waals surface area (Å²) in [6, 6.07) is 21.6. The van der Waals surface area contributed by atoms with Crippen molar-refractivity contribution in [3.63, 3.8) is 0 Å². The summed E-state index contributed by atoms with van der Waals surface area (Å²) in [5.41, 5.74) is 7.30. The fourth-order valence-corrected chi connectivity index (χ4v) is 4.04. The van der Waals surface area contributed by atoms with Crippen molar-refractivity contribution in [2.45, 2.75) is 20.3 Å². The van der Waals surface area contributed by atoms with Gasteiger partial charge >= 0.3 is 0 Å². The molecule has 0 saturated heterocycles. The number of benzene rings is 3. The van der Waals surface area contributed by atoms with Gasteiger partial charge in [-0.15, -0.1) is 0 Å². The molecule has 0 radical (unpaired) electrons. The fraction of sp³-hybridized carbons (Fsp3) is 0.174. The second-order valence-corrected chi connectivity index (χ2v) is 7.08. The minimum absolute atomic E-state index is 0.968. The number of aryl methyl sites for hydroxylation is 2. The van der Waals surface area contributed by atoms with Crippen LogP contribution in [-0.2, 0) is 6.42 Å². The van der Waals surface area contributed by atoms with Crippen molar-refractivity contribution in [2.75, 3.05) is 11.9 Å². The Balaban J connectivity index is 1.77. The van der Waals surface area contributed by atoms with Crippen molar-refractivity contribution in [2.24, 2.45) is 0 Å². The number of aromatic nitrogens is 2. The molecule has 1 N–H and O–H groups in total. The summed E-state index contributed by atoms with van der Waals surface area (Å²) >= 11 is 0. The third kappa shape index (κ3) is 2.24. The molecule has 1 aliphatic rings. The number of hydrogen-bond acceptors (Lipinski definition) is 2. The zero-order chi connectivity index (χ0) is 17.7. The molecule has 26 heavy (non-hydrogen) atoms. The summed E-state index contributed by atoms with van der Waals surface area (Å²) < 4.78 is 2.09. The highest BCUT2D eigenvalue weighted by atomic mass is 15.3. The summed E-state index contributed by atoms with van der Waals surface area (Å²) in [6.07, 6.45) is 1.01. The zero-order valence-electron chi connectivity index (χ0n) is 15.1. The zero-order valence-corrected chi connectivity index (χ0v) is 15.1. The number of anilines is 1. The Morgan fingerprint density at radius 2 is 1.81 bits per heavy atom. The molecule has 0 amide bonds. The average Bonchev–Trinajstić information content (AvgIpc) is 3.24. The van der Waals surface area contributed by atoms with Crippen molar-refractivity contribution in [3.8, 4) is 16.9 Å². The quantitative estimate of drug-likeness (QED) is 0.539. The van der Waals surface area contributed by atoms with E-state index in [9.17, 15) is 0 Å². The van der Waals surface area contributed by atoms with E-state index >= 15 is 0 Å². The predicted octanol–water partition coefficient (Wildman–Crippen LogP) is 5.28. The van der Waals surface area contributed by atoms with E-state index in [4.69, 9.17) is 5.10 Å². The average molecular weight is 339 g/mol. The van der Waals surface area contributed by atoms with Crippen LogP contribution in [0.2, 0.25) is 0 Å². The van der Waals surface area contributed by atoms with E-state index in [0.29, 0.717) is 0 Å². The molecule has 3 nitrogen and oxygen atoms in total. The number of fused-ring (bicyclic) bond motifs is 2. The van der Waals surface area contributed by atoms with Gasteiger partial charge in [0.2, 0.25) is 0 Å². The van der Waals surface area contributed by atoms with Crippen LogP contribution in [-0.4, -0.2) is 16.3 Å². The number of rotatable bonds is 2. The van der Waals surface area contributed by atoms with Gasteiger partial charge in [0.05, 0.1) is 11.4 Å². The molecular formula is C23H21N3. The summed E-state index contributed by atoms with van der Waals surface area (Å²) in [5, 5.41) is 11.1. The van der Waals surface area contributed by atoms with Crippen LogP contribution in [0.15, 0.2) is 60.7 Å². The molecule has 0 unspecified atom stereocenters. The molecule has 0 spiro atoms. The second-order valence-electron chi connectivity index (χ2n) is 7.08. The summed E-state index contributed by atoms with van der Waals surface area (Å²) in [4.78, 5) is 0. The van der Waals surface area contributed by atoms with Crippen LogP contribution in [0.4, 0.5) is 5.82 Å². The Hall–Kier alpha value is -3.07. The molecule has 0 fully saturated rings. The lowest BCUT2D eigenvalue weighted by Crippen LogP contribution is -2.05. The molecule has 3 heteroatoms. The Bertz CT molecular complexity index is 1130. The van der Waals surface area contributed by atoms with Crippen LogP contribution in [0.1, 0.15) is 16.7 Å². The van der Waals surface area contributed by atoms with Gasteiger partial charge in [0.15, 0.2) is 0 Å². The Labute approximate surface area is 153 Å². The molecule has 5 rings (SSSR count). The topological polar surface area (TPSA) is 29.9 Å². The van der Waals surface area contributed by atoms with E-state index in [-0.39, 0.29) is 0 Å². The predicted molar refractivity (Wildman–Crippen MR) is 108 cm³/mol. The van der Waals surface area contributed by atoms with E-state index in [2.05, 4.69) is 84.5 Å². The minimum atomic E-state index is 0.968. The van der Waals surface area contributed by atoms with Crippen LogP contribution >= 0.6 is 0 Å². The molecule has 0 saturated carbocycles. The highest BCUT2D eigenvalue weighted by Gasteiger charge is 2.25. The van der Waals surface area contributed by atoms with Gasteiger partial charge in [-0.3, -0.25) is 0 Å². The molecule has 0 atom stereocenters. The lowest BCUT2D eigenvalue weighted by molar-refractivity contribution is 0.875. The van der Waals surface area contributed by atoms with Crippen LogP contribution in [0, 0.1) is 13.8 Å². The maximum absolute atomic E-state index is 5.07. The van der Waals surface area contributed by atoms with Gasteiger partial charge in [0, 0.05) is 17.7 Å². The molecule has 1 aliphatic heterocycles. The van der Waals surface area contributed by atoms with Crippen LogP contribution < -0.4 is 5.32 Å². The normalized spacial score (nSPS) is 13.0. The van der Waals surface area contributed by atoms with Crippen molar-refractivity contribution in [1.82, 2.24) is 9.78 Å². The number of hydrogen-bond donors (Lipinski definition) is 1. The van der Waals surface area contributed by atoms with Gasteiger partial charge in [0.25, 0.3) is 0 Å². The van der Waals surface area contributed by atoms with Gasteiger partial charge in [-0.05, 0) is 42.7 Å². The van der Waals surface area contributed by atoms with Gasteiger partial charge in [-0.25, -0.2) is 4.68 Å². The summed E-state index contributed by atoms with van der Waals surface area (Å²) in [7, 11) is 0. The van der Waals surface area contributed by atoms with Crippen molar-refractivity contribution >= 4 is 16.6 Å². The molecular weight excluding hydrogens is 318 g/mol. The number of nitrogens with zero attached hydrogens (tertiary/aromatic N) is 2. The lowest BCUT2D eigenvalue weighted by Gasteiger charge is -2.10. The Kier molecular flexibility index (Phi) is 3.35. The molecule has 0 aliphatic carbocycles. The van der Waals surface area contributed by atoms with E-state index in [1.54, 1.807) is 0 Å². The Morgan fingerprint density at radius 1 is 0.962 bits per heavy atom. The molecule has 3 aromatic carbocycles. The van der Waals surface area contributed by atoms with Crippen molar-refractivity contribution in [3.05, 3.63) is 77.4 Å². The lowest BCUT2D eigenvalue weighted by atomic mass is 9.99. The van der Waals surface area contributed by atoms with Crippen molar-refractivity contribution < 1.29 is 0 Å². The monoisotopic (exact) mass is 339 g/mol.